The molecule has 4 N–H and O–H groups in total. The van der Waals surface area contributed by atoms with Crippen LogP contribution in [0.5, 0.6) is 0 Å². The summed E-state index contributed by atoms with van der Waals surface area (Å²) < 4.78 is 0. The number of carboxylic acid groups (broad SMARTS) is 1. The summed E-state index contributed by atoms with van der Waals surface area (Å²) in [4.78, 5) is 30.5. The first-order chi connectivity index (χ1) is 8.91. The predicted octanol–water partition coefficient (Wildman–Crippen LogP) is 0.312. The molecule has 0 unspecified atom stereocenters. The van der Waals surface area contributed by atoms with E-state index >= 15 is 0 Å². The van der Waals surface area contributed by atoms with E-state index in [0.29, 0.717) is 12.8 Å². The summed E-state index contributed by atoms with van der Waals surface area (Å²) >= 11 is 0. The lowest BCUT2D eigenvalue weighted by atomic mass is 10.1. The van der Waals surface area contributed by atoms with Crippen LogP contribution in [0.15, 0.2) is 30.3 Å². The highest BCUT2D eigenvalue weighted by Crippen LogP contribution is 2.01. The molecule has 6 heteroatoms. The number of nitrogens with one attached hydrogen (secondary N) is 1. The molecule has 2 amide bonds. The van der Waals surface area contributed by atoms with Crippen molar-refractivity contribution >= 4 is 17.8 Å². The Kier molecular flexibility index (Phi) is 8.44. The van der Waals surface area contributed by atoms with Crippen molar-refractivity contribution in [3.63, 3.8) is 0 Å². The SMILES string of the molecule is CC(N)=O.O=C(O)CNC(=O)CCc1ccccc1. The fourth-order valence-electron chi connectivity index (χ4n) is 1.17. The molecule has 6 nitrogen and oxygen atoms in total. The maximum Gasteiger partial charge on any atom is 0.322 e. The molecule has 1 rings (SSSR count). The summed E-state index contributed by atoms with van der Waals surface area (Å²) in [5.41, 5.74) is 5.54. The molecule has 1 aromatic carbocycles. The predicted molar refractivity (Wildman–Crippen MR) is 70.3 cm³/mol. The largest absolute Gasteiger partial charge is 0.480 e. The van der Waals surface area contributed by atoms with E-state index in [1.54, 1.807) is 0 Å². The third-order valence-electron chi connectivity index (χ3n) is 1.92. The van der Waals surface area contributed by atoms with Crippen LogP contribution in [0.25, 0.3) is 0 Å². The van der Waals surface area contributed by atoms with Crippen LogP contribution in [-0.2, 0) is 20.8 Å². The van der Waals surface area contributed by atoms with Crippen LogP contribution in [0.3, 0.4) is 0 Å². The van der Waals surface area contributed by atoms with Gasteiger partial charge in [-0.15, -0.1) is 0 Å². The van der Waals surface area contributed by atoms with Crippen LogP contribution in [0.4, 0.5) is 0 Å². The highest BCUT2D eigenvalue weighted by molar-refractivity contribution is 5.81. The Labute approximate surface area is 111 Å². The second-order valence-electron chi connectivity index (χ2n) is 3.77. The summed E-state index contributed by atoms with van der Waals surface area (Å²) in [6, 6.07) is 9.60. The minimum atomic E-state index is -1.02. The van der Waals surface area contributed by atoms with Gasteiger partial charge in [0.1, 0.15) is 6.54 Å². The molecule has 0 saturated heterocycles. The van der Waals surface area contributed by atoms with Gasteiger partial charge < -0.3 is 16.2 Å². The van der Waals surface area contributed by atoms with Crippen molar-refractivity contribution in [2.75, 3.05) is 6.54 Å². The first-order valence-electron chi connectivity index (χ1n) is 5.70. The molecule has 0 aliphatic carbocycles. The zero-order valence-electron chi connectivity index (χ0n) is 10.8. The van der Waals surface area contributed by atoms with E-state index in [4.69, 9.17) is 5.11 Å². The number of hydrogen-bond donors (Lipinski definition) is 3. The van der Waals surface area contributed by atoms with Crippen molar-refractivity contribution in [3.8, 4) is 0 Å². The maximum absolute atomic E-state index is 11.1. The number of amides is 2. The van der Waals surface area contributed by atoms with Gasteiger partial charge in [0.2, 0.25) is 11.8 Å². The Hall–Kier alpha value is -2.37. The number of carbonyl (C=O) groups excluding carboxylic acids is 2. The van der Waals surface area contributed by atoms with Crippen molar-refractivity contribution in [2.45, 2.75) is 19.8 Å². The van der Waals surface area contributed by atoms with Gasteiger partial charge in [0.25, 0.3) is 0 Å². The molecular weight excluding hydrogens is 248 g/mol. The zero-order valence-corrected chi connectivity index (χ0v) is 10.8. The molecule has 0 atom stereocenters. The Balaban J connectivity index is 0.000000711. The standard InChI is InChI=1S/C11H13NO3.C2H5NO/c13-10(12-8-11(14)15)7-6-9-4-2-1-3-5-9;1-2(3)4/h1-5H,6-8H2,(H,12,13)(H,14,15);1H3,(H2,3,4). The number of nitrogens with two attached hydrogens (primary N) is 1. The monoisotopic (exact) mass is 266 g/mol. The third kappa shape index (κ3) is 11.9. The molecule has 0 aromatic heterocycles. The zero-order chi connectivity index (χ0) is 14.7. The number of aryl methyl sites for hydroxylation is 1. The highest BCUT2D eigenvalue weighted by atomic mass is 16.4. The molecule has 0 fully saturated rings. The molecule has 0 spiro atoms. The summed E-state index contributed by atoms with van der Waals surface area (Å²) in [6.07, 6.45) is 0.948. The van der Waals surface area contributed by atoms with Crippen molar-refractivity contribution in [1.82, 2.24) is 5.32 Å². The summed E-state index contributed by atoms with van der Waals surface area (Å²) in [7, 11) is 0. The van der Waals surface area contributed by atoms with Crippen LogP contribution in [-0.4, -0.2) is 29.4 Å². The summed E-state index contributed by atoms with van der Waals surface area (Å²) in [5, 5.41) is 10.6. The van der Waals surface area contributed by atoms with Crippen LogP contribution in [0, 0.1) is 0 Å². The van der Waals surface area contributed by atoms with Gasteiger partial charge in [-0.1, -0.05) is 30.3 Å². The van der Waals surface area contributed by atoms with Gasteiger partial charge in [0.15, 0.2) is 0 Å². The smallest absolute Gasteiger partial charge is 0.322 e. The quantitative estimate of drug-likeness (QED) is 0.712. The first kappa shape index (κ1) is 16.6. The van der Waals surface area contributed by atoms with E-state index in [0.717, 1.165) is 5.56 Å². The lowest BCUT2D eigenvalue weighted by molar-refractivity contribution is -0.137. The minimum absolute atomic E-state index is 0.235. The number of primary amides is 1. The van der Waals surface area contributed by atoms with Crippen LogP contribution in [0.2, 0.25) is 0 Å². The van der Waals surface area contributed by atoms with Crippen molar-refractivity contribution in [1.29, 1.82) is 0 Å². The Morgan fingerprint density at radius 1 is 1.21 bits per heavy atom. The normalized spacial score (nSPS) is 8.89. The number of aliphatic carboxylic acids is 1. The van der Waals surface area contributed by atoms with E-state index in [2.05, 4.69) is 11.1 Å². The molecule has 0 bridgehead atoms. The number of hydrogen-bond acceptors (Lipinski definition) is 3. The molecule has 0 aliphatic rings. The van der Waals surface area contributed by atoms with Gasteiger partial charge >= 0.3 is 5.97 Å². The van der Waals surface area contributed by atoms with Gasteiger partial charge in [0, 0.05) is 13.3 Å². The van der Waals surface area contributed by atoms with Crippen molar-refractivity contribution in [3.05, 3.63) is 35.9 Å². The molecule has 0 radical (unpaired) electrons. The van der Waals surface area contributed by atoms with E-state index in [9.17, 15) is 14.4 Å². The molecule has 19 heavy (non-hydrogen) atoms. The minimum Gasteiger partial charge on any atom is -0.480 e. The number of rotatable bonds is 5. The van der Waals surface area contributed by atoms with Gasteiger partial charge in [-0.3, -0.25) is 14.4 Å². The number of carbonyl (C=O) groups is 3. The molecule has 0 aliphatic heterocycles. The molecule has 1 aromatic rings. The Morgan fingerprint density at radius 2 is 1.74 bits per heavy atom. The fourth-order valence-corrected chi connectivity index (χ4v) is 1.17. The lowest BCUT2D eigenvalue weighted by Crippen LogP contribution is -2.29. The van der Waals surface area contributed by atoms with Crippen LogP contribution >= 0.6 is 0 Å². The average molecular weight is 266 g/mol. The summed E-state index contributed by atoms with van der Waals surface area (Å²) in [6.45, 7) is 0.994. The number of carboxylic acids is 1. The summed E-state index contributed by atoms with van der Waals surface area (Å²) in [5.74, 6) is -1.59. The van der Waals surface area contributed by atoms with E-state index in [1.807, 2.05) is 30.3 Å². The van der Waals surface area contributed by atoms with Gasteiger partial charge in [-0.2, -0.15) is 0 Å². The molecule has 0 heterocycles. The highest BCUT2D eigenvalue weighted by Gasteiger charge is 2.03. The Morgan fingerprint density at radius 3 is 2.21 bits per heavy atom. The van der Waals surface area contributed by atoms with Gasteiger partial charge in [-0.25, -0.2) is 0 Å². The average Bonchev–Trinajstić information content (AvgIpc) is 2.34. The molecular formula is C13H18N2O4. The molecule has 0 saturated carbocycles. The van der Waals surface area contributed by atoms with E-state index in [1.165, 1.54) is 6.92 Å². The topological polar surface area (TPSA) is 109 Å². The second kappa shape index (κ2) is 9.64. The van der Waals surface area contributed by atoms with Crippen molar-refractivity contribution in [2.24, 2.45) is 5.73 Å². The number of benzene rings is 1. The molecule has 104 valence electrons. The Bertz CT molecular complexity index is 414. The third-order valence-corrected chi connectivity index (χ3v) is 1.92. The maximum atomic E-state index is 11.1. The second-order valence-corrected chi connectivity index (χ2v) is 3.77. The van der Waals surface area contributed by atoms with E-state index in [-0.39, 0.29) is 18.4 Å². The lowest BCUT2D eigenvalue weighted by Gasteiger charge is -2.02. The fraction of sp³-hybridized carbons (Fsp3) is 0.308. The first-order valence-corrected chi connectivity index (χ1v) is 5.70. The van der Waals surface area contributed by atoms with Crippen LogP contribution in [0.1, 0.15) is 18.9 Å². The van der Waals surface area contributed by atoms with Gasteiger partial charge in [-0.05, 0) is 12.0 Å². The van der Waals surface area contributed by atoms with Crippen LogP contribution < -0.4 is 11.1 Å². The van der Waals surface area contributed by atoms with Crippen molar-refractivity contribution < 1.29 is 19.5 Å². The van der Waals surface area contributed by atoms with E-state index < -0.39 is 5.97 Å². The van der Waals surface area contributed by atoms with Gasteiger partial charge in [0.05, 0.1) is 0 Å².